The van der Waals surface area contributed by atoms with E-state index in [1.54, 1.807) is 12.4 Å². The first-order valence-corrected chi connectivity index (χ1v) is 10.1. The van der Waals surface area contributed by atoms with E-state index in [0.29, 0.717) is 5.56 Å². The van der Waals surface area contributed by atoms with Gasteiger partial charge >= 0.3 is 0 Å². The molecule has 6 heteroatoms. The summed E-state index contributed by atoms with van der Waals surface area (Å²) in [5, 5.41) is 11.7. The number of anilines is 2. The standard InChI is InChI=1S/C22H27N5O/c1-15(2)27-21-17(14-25-27)11-18(13-24-21)22(28)26-20-9-7-19(8-10-20)23-12-16-5-3-4-6-16/h7-11,13-16,23H,3-6,12H2,1-2H3,(H,26,28). The van der Waals surface area contributed by atoms with E-state index < -0.39 is 0 Å². The molecule has 0 bridgehead atoms. The number of benzene rings is 1. The number of amides is 1. The van der Waals surface area contributed by atoms with Gasteiger partial charge in [-0.25, -0.2) is 9.67 Å². The van der Waals surface area contributed by atoms with Crippen molar-refractivity contribution in [1.82, 2.24) is 14.8 Å². The zero-order chi connectivity index (χ0) is 19.5. The van der Waals surface area contributed by atoms with E-state index in [4.69, 9.17) is 0 Å². The lowest BCUT2D eigenvalue weighted by atomic mass is 10.1. The number of nitrogens with zero attached hydrogens (tertiary/aromatic N) is 3. The van der Waals surface area contributed by atoms with E-state index in [9.17, 15) is 4.79 Å². The van der Waals surface area contributed by atoms with Gasteiger partial charge in [-0.3, -0.25) is 4.79 Å². The first-order chi connectivity index (χ1) is 13.6. The topological polar surface area (TPSA) is 71.8 Å². The fourth-order valence-corrected chi connectivity index (χ4v) is 3.79. The minimum absolute atomic E-state index is 0.168. The minimum atomic E-state index is -0.168. The van der Waals surface area contributed by atoms with Gasteiger partial charge in [0.1, 0.15) is 0 Å². The average molecular weight is 377 g/mol. The number of nitrogens with one attached hydrogen (secondary N) is 2. The van der Waals surface area contributed by atoms with Gasteiger partial charge in [-0.05, 0) is 62.9 Å². The highest BCUT2D eigenvalue weighted by atomic mass is 16.1. The van der Waals surface area contributed by atoms with Gasteiger partial charge < -0.3 is 10.6 Å². The lowest BCUT2D eigenvalue weighted by molar-refractivity contribution is 0.102. The van der Waals surface area contributed by atoms with E-state index in [2.05, 4.69) is 34.6 Å². The van der Waals surface area contributed by atoms with Crippen LogP contribution in [0.15, 0.2) is 42.7 Å². The van der Waals surface area contributed by atoms with Gasteiger partial charge in [0.05, 0.1) is 11.8 Å². The monoisotopic (exact) mass is 377 g/mol. The number of rotatable bonds is 6. The molecule has 6 nitrogen and oxygen atoms in total. The summed E-state index contributed by atoms with van der Waals surface area (Å²) in [7, 11) is 0. The van der Waals surface area contributed by atoms with Crippen LogP contribution in [0.1, 0.15) is 55.9 Å². The first-order valence-electron chi connectivity index (χ1n) is 10.1. The molecule has 0 aliphatic heterocycles. The quantitative estimate of drug-likeness (QED) is 0.643. The lowest BCUT2D eigenvalue weighted by Crippen LogP contribution is -2.13. The molecule has 146 valence electrons. The highest BCUT2D eigenvalue weighted by Crippen LogP contribution is 2.25. The number of carbonyl (C=O) groups is 1. The number of aromatic nitrogens is 3. The zero-order valence-electron chi connectivity index (χ0n) is 16.5. The maximum absolute atomic E-state index is 12.6. The first kappa shape index (κ1) is 18.5. The maximum Gasteiger partial charge on any atom is 0.257 e. The van der Waals surface area contributed by atoms with Crippen molar-refractivity contribution in [2.45, 2.75) is 45.6 Å². The summed E-state index contributed by atoms with van der Waals surface area (Å²) in [4.78, 5) is 17.0. The Labute approximate surface area is 165 Å². The Morgan fingerprint density at radius 3 is 2.57 bits per heavy atom. The van der Waals surface area contributed by atoms with Crippen molar-refractivity contribution >= 4 is 28.3 Å². The Morgan fingerprint density at radius 2 is 1.86 bits per heavy atom. The van der Waals surface area contributed by atoms with Crippen LogP contribution in [-0.4, -0.2) is 27.2 Å². The number of hydrogen-bond acceptors (Lipinski definition) is 4. The second-order valence-corrected chi connectivity index (χ2v) is 7.88. The Hall–Kier alpha value is -2.89. The third kappa shape index (κ3) is 4.01. The molecule has 1 aliphatic rings. The van der Waals surface area contributed by atoms with Crippen LogP contribution in [0.5, 0.6) is 0 Å². The number of fused-ring (bicyclic) bond motifs is 1. The van der Waals surface area contributed by atoms with E-state index in [0.717, 1.165) is 34.9 Å². The summed E-state index contributed by atoms with van der Waals surface area (Å²) in [6, 6.07) is 9.94. The van der Waals surface area contributed by atoms with Crippen LogP contribution in [0.25, 0.3) is 11.0 Å². The molecule has 2 aromatic heterocycles. The molecule has 3 aromatic rings. The number of carbonyl (C=O) groups excluding carboxylic acids is 1. The molecule has 0 spiro atoms. The summed E-state index contributed by atoms with van der Waals surface area (Å²) in [5.74, 6) is 0.625. The highest BCUT2D eigenvalue weighted by molar-refractivity contribution is 6.05. The van der Waals surface area contributed by atoms with Crippen molar-refractivity contribution in [3.63, 3.8) is 0 Å². The van der Waals surface area contributed by atoms with Crippen molar-refractivity contribution in [3.05, 3.63) is 48.3 Å². The second-order valence-electron chi connectivity index (χ2n) is 7.88. The molecule has 0 saturated heterocycles. The van der Waals surface area contributed by atoms with Crippen LogP contribution < -0.4 is 10.6 Å². The van der Waals surface area contributed by atoms with Crippen molar-refractivity contribution in [2.75, 3.05) is 17.2 Å². The molecule has 2 N–H and O–H groups in total. The van der Waals surface area contributed by atoms with Crippen LogP contribution in [0.3, 0.4) is 0 Å². The molecule has 1 aromatic carbocycles. The van der Waals surface area contributed by atoms with Gasteiger partial charge in [0.2, 0.25) is 0 Å². The Morgan fingerprint density at radius 1 is 1.14 bits per heavy atom. The molecule has 28 heavy (non-hydrogen) atoms. The summed E-state index contributed by atoms with van der Waals surface area (Å²) in [6.07, 6.45) is 8.73. The van der Waals surface area contributed by atoms with Crippen molar-refractivity contribution < 1.29 is 4.79 Å². The summed E-state index contributed by atoms with van der Waals surface area (Å²) < 4.78 is 1.86. The van der Waals surface area contributed by atoms with E-state index >= 15 is 0 Å². The molecule has 1 aliphatic carbocycles. The molecule has 0 unspecified atom stereocenters. The molecule has 2 heterocycles. The van der Waals surface area contributed by atoms with E-state index in [1.165, 1.54) is 25.7 Å². The summed E-state index contributed by atoms with van der Waals surface area (Å²) >= 11 is 0. The molecule has 1 fully saturated rings. The molecule has 1 saturated carbocycles. The molecule has 0 atom stereocenters. The van der Waals surface area contributed by atoms with Crippen molar-refractivity contribution in [2.24, 2.45) is 5.92 Å². The van der Waals surface area contributed by atoms with E-state index in [1.807, 2.05) is 35.0 Å². The molecule has 0 radical (unpaired) electrons. The largest absolute Gasteiger partial charge is 0.385 e. The zero-order valence-corrected chi connectivity index (χ0v) is 16.5. The SMILES string of the molecule is CC(C)n1ncc2cc(C(=O)Nc3ccc(NCC4CCCC4)cc3)cnc21. The Balaban J connectivity index is 1.39. The third-order valence-corrected chi connectivity index (χ3v) is 5.40. The van der Waals surface area contributed by atoms with Crippen LogP contribution in [0, 0.1) is 5.92 Å². The molecular weight excluding hydrogens is 350 g/mol. The van der Waals surface area contributed by atoms with Crippen molar-refractivity contribution in [3.8, 4) is 0 Å². The summed E-state index contributed by atoms with van der Waals surface area (Å²) in [5.41, 5.74) is 3.19. The van der Waals surface area contributed by atoms with Gasteiger partial charge in [-0.15, -0.1) is 0 Å². The molecule has 1 amide bonds. The van der Waals surface area contributed by atoms with Crippen LogP contribution in [0.4, 0.5) is 11.4 Å². The van der Waals surface area contributed by atoms with Crippen LogP contribution in [0.2, 0.25) is 0 Å². The van der Waals surface area contributed by atoms with Crippen LogP contribution >= 0.6 is 0 Å². The van der Waals surface area contributed by atoms with Gasteiger partial charge in [0.25, 0.3) is 5.91 Å². The predicted octanol–water partition coefficient (Wildman–Crippen LogP) is 4.87. The molecular formula is C22H27N5O. The molecule has 4 rings (SSSR count). The predicted molar refractivity (Wildman–Crippen MR) is 113 cm³/mol. The Bertz CT molecular complexity index is 955. The Kier molecular flexibility index (Phi) is 5.28. The average Bonchev–Trinajstić information content (AvgIpc) is 3.36. The number of hydrogen-bond donors (Lipinski definition) is 2. The minimum Gasteiger partial charge on any atom is -0.385 e. The second kappa shape index (κ2) is 8.00. The number of pyridine rings is 1. The van der Waals surface area contributed by atoms with Crippen molar-refractivity contribution in [1.29, 1.82) is 0 Å². The van der Waals surface area contributed by atoms with Crippen LogP contribution in [-0.2, 0) is 0 Å². The van der Waals surface area contributed by atoms with E-state index in [-0.39, 0.29) is 11.9 Å². The lowest BCUT2D eigenvalue weighted by Gasteiger charge is -2.12. The summed E-state index contributed by atoms with van der Waals surface area (Å²) in [6.45, 7) is 5.14. The van der Waals surface area contributed by atoms with Gasteiger partial charge in [0, 0.05) is 35.5 Å². The fraction of sp³-hybridized carbons (Fsp3) is 0.409. The van der Waals surface area contributed by atoms with Gasteiger partial charge in [-0.2, -0.15) is 5.10 Å². The highest BCUT2D eigenvalue weighted by Gasteiger charge is 2.15. The third-order valence-electron chi connectivity index (χ3n) is 5.40. The normalized spacial score (nSPS) is 14.7. The fourth-order valence-electron chi connectivity index (χ4n) is 3.79. The maximum atomic E-state index is 12.6. The van der Waals surface area contributed by atoms with Gasteiger partial charge in [0.15, 0.2) is 5.65 Å². The van der Waals surface area contributed by atoms with Gasteiger partial charge in [-0.1, -0.05) is 12.8 Å². The smallest absolute Gasteiger partial charge is 0.257 e.